The highest BCUT2D eigenvalue weighted by molar-refractivity contribution is 5.79. The van der Waals surface area contributed by atoms with Crippen LogP contribution in [0.2, 0.25) is 0 Å². The fourth-order valence-corrected chi connectivity index (χ4v) is 7.64. The summed E-state index contributed by atoms with van der Waals surface area (Å²) < 4.78 is 0. The minimum Gasteiger partial charge on any atom is -0.356 e. The molecule has 0 aromatic heterocycles. The zero-order valence-corrected chi connectivity index (χ0v) is 32.0. The quantitative estimate of drug-likeness (QED) is 0.138. The third-order valence-corrected chi connectivity index (χ3v) is 10.6. The fourth-order valence-electron chi connectivity index (χ4n) is 7.64. The average molecular weight is 711 g/mol. The summed E-state index contributed by atoms with van der Waals surface area (Å²) in [5, 5.41) is 7.60. The Kier molecular flexibility index (Phi) is 9.90. The van der Waals surface area contributed by atoms with E-state index < -0.39 is 5.41 Å². The molecule has 0 bridgehead atoms. The molecule has 0 atom stereocenters. The molecule has 0 aliphatic carbocycles. The first-order valence-electron chi connectivity index (χ1n) is 19.1. The van der Waals surface area contributed by atoms with Crippen LogP contribution in [0.1, 0.15) is 44.5 Å². The van der Waals surface area contributed by atoms with Gasteiger partial charge in [0, 0.05) is 22.7 Å². The molecule has 2 heteroatoms. The van der Waals surface area contributed by atoms with Crippen molar-refractivity contribution in [3.63, 3.8) is 0 Å². The molecule has 0 radical (unpaired) electrons. The second kappa shape index (κ2) is 15.4. The van der Waals surface area contributed by atoms with Crippen LogP contribution in [-0.2, 0) is 5.41 Å². The summed E-state index contributed by atoms with van der Waals surface area (Å²) in [5.74, 6) is 0. The van der Waals surface area contributed by atoms with Gasteiger partial charge in [0.15, 0.2) is 0 Å². The maximum Gasteiger partial charge on any atom is 0.0703 e. The molecule has 0 unspecified atom stereocenters. The first kappa shape index (κ1) is 35.4. The maximum atomic E-state index is 3.80. The Morgan fingerprint density at radius 1 is 0.273 bits per heavy atom. The summed E-state index contributed by atoms with van der Waals surface area (Å²) >= 11 is 0. The van der Waals surface area contributed by atoms with Gasteiger partial charge in [0.1, 0.15) is 0 Å². The molecule has 2 nitrogen and oxygen atoms in total. The molecule has 0 spiro atoms. The van der Waals surface area contributed by atoms with Crippen LogP contribution in [0, 0.1) is 27.7 Å². The van der Waals surface area contributed by atoms with Gasteiger partial charge in [-0.1, -0.05) is 156 Å². The summed E-state index contributed by atoms with van der Waals surface area (Å²) in [6.45, 7) is 8.58. The molecule has 268 valence electrons. The van der Waals surface area contributed by atoms with Crippen molar-refractivity contribution in [2.24, 2.45) is 0 Å². The van der Waals surface area contributed by atoms with E-state index in [1.807, 2.05) is 0 Å². The summed E-state index contributed by atoms with van der Waals surface area (Å²) in [4.78, 5) is 0. The third-order valence-electron chi connectivity index (χ3n) is 10.6. The number of rotatable bonds is 10. The first-order valence-corrected chi connectivity index (χ1v) is 19.1. The van der Waals surface area contributed by atoms with Crippen molar-refractivity contribution in [2.75, 3.05) is 10.6 Å². The number of anilines is 4. The van der Waals surface area contributed by atoms with Crippen LogP contribution in [0.15, 0.2) is 194 Å². The van der Waals surface area contributed by atoms with Gasteiger partial charge >= 0.3 is 0 Å². The first-order chi connectivity index (χ1) is 26.8. The summed E-state index contributed by atoms with van der Waals surface area (Å²) in [5.41, 5.74) is 17.7. The van der Waals surface area contributed by atoms with E-state index in [1.165, 1.54) is 44.5 Å². The van der Waals surface area contributed by atoms with Gasteiger partial charge in [-0.05, 0) is 133 Å². The largest absolute Gasteiger partial charge is 0.356 e. The Hall–Kier alpha value is -6.64. The standard InChI is InChI=1S/C53H46N2/c1-37-15-23-45(24-16-37)53(46-25-17-38(2)18-26-46,47-31-43(41-11-7-5-8-12-41)33-51(35-47)54-49-27-19-39(3)20-28-49)48-32-44(42-13-9-6-10-14-42)34-52(36-48)55-50-29-21-40(4)22-30-50/h5-36,54-55H,1-4H3. The zero-order valence-electron chi connectivity index (χ0n) is 32.0. The minimum atomic E-state index is -0.718. The zero-order chi connectivity index (χ0) is 37.8. The molecule has 0 amide bonds. The summed E-state index contributed by atoms with van der Waals surface area (Å²) in [7, 11) is 0. The lowest BCUT2D eigenvalue weighted by atomic mass is 9.64. The highest BCUT2D eigenvalue weighted by Crippen LogP contribution is 2.49. The lowest BCUT2D eigenvalue weighted by Gasteiger charge is -2.38. The second-order valence-electron chi connectivity index (χ2n) is 14.8. The van der Waals surface area contributed by atoms with Crippen LogP contribution in [0.4, 0.5) is 22.7 Å². The predicted octanol–water partition coefficient (Wildman–Crippen LogP) is 14.1. The van der Waals surface area contributed by atoms with Gasteiger partial charge in [0.25, 0.3) is 0 Å². The van der Waals surface area contributed by atoms with Crippen molar-refractivity contribution in [1.29, 1.82) is 0 Å². The van der Waals surface area contributed by atoms with E-state index in [0.29, 0.717) is 0 Å². The molecule has 2 N–H and O–H groups in total. The minimum absolute atomic E-state index is 0.718. The number of hydrogen-bond acceptors (Lipinski definition) is 2. The predicted molar refractivity (Wildman–Crippen MR) is 234 cm³/mol. The van der Waals surface area contributed by atoms with Crippen LogP contribution in [0.25, 0.3) is 22.3 Å². The van der Waals surface area contributed by atoms with E-state index in [0.717, 1.165) is 45.0 Å². The number of hydrogen-bond donors (Lipinski definition) is 2. The molecule has 8 aromatic rings. The van der Waals surface area contributed by atoms with E-state index in [9.17, 15) is 0 Å². The van der Waals surface area contributed by atoms with Gasteiger partial charge in [0.2, 0.25) is 0 Å². The van der Waals surface area contributed by atoms with Gasteiger partial charge in [-0.25, -0.2) is 0 Å². The maximum absolute atomic E-state index is 3.80. The highest BCUT2D eigenvalue weighted by Gasteiger charge is 2.40. The van der Waals surface area contributed by atoms with Crippen molar-refractivity contribution < 1.29 is 0 Å². The normalized spacial score (nSPS) is 11.3. The Bertz CT molecular complexity index is 2330. The molecular weight excluding hydrogens is 665 g/mol. The molecule has 0 saturated carbocycles. The van der Waals surface area contributed by atoms with Crippen molar-refractivity contribution >= 4 is 22.7 Å². The molecule has 55 heavy (non-hydrogen) atoms. The fraction of sp³-hybridized carbons (Fsp3) is 0.0943. The van der Waals surface area contributed by atoms with Gasteiger partial charge in [0.05, 0.1) is 5.41 Å². The Labute approximate surface area is 326 Å². The molecular formula is C53H46N2. The second-order valence-corrected chi connectivity index (χ2v) is 14.8. The summed E-state index contributed by atoms with van der Waals surface area (Å²) in [6.07, 6.45) is 0. The smallest absolute Gasteiger partial charge is 0.0703 e. The molecule has 0 fully saturated rings. The van der Waals surface area contributed by atoms with E-state index in [4.69, 9.17) is 0 Å². The van der Waals surface area contributed by atoms with Gasteiger partial charge < -0.3 is 10.6 Å². The van der Waals surface area contributed by atoms with Crippen molar-refractivity contribution in [3.05, 3.63) is 239 Å². The Morgan fingerprint density at radius 3 is 0.945 bits per heavy atom. The van der Waals surface area contributed by atoms with Crippen LogP contribution >= 0.6 is 0 Å². The van der Waals surface area contributed by atoms with Crippen molar-refractivity contribution in [3.8, 4) is 22.3 Å². The van der Waals surface area contributed by atoms with E-state index >= 15 is 0 Å². The lowest BCUT2D eigenvalue weighted by molar-refractivity contribution is 0.745. The number of benzene rings is 8. The molecule has 0 heterocycles. The molecule has 0 saturated heterocycles. The van der Waals surface area contributed by atoms with Gasteiger partial charge in [-0.3, -0.25) is 0 Å². The van der Waals surface area contributed by atoms with E-state index in [-0.39, 0.29) is 0 Å². The van der Waals surface area contributed by atoms with Crippen LogP contribution in [-0.4, -0.2) is 0 Å². The van der Waals surface area contributed by atoms with Crippen molar-refractivity contribution in [2.45, 2.75) is 33.1 Å². The van der Waals surface area contributed by atoms with Crippen LogP contribution in [0.5, 0.6) is 0 Å². The van der Waals surface area contributed by atoms with Gasteiger partial charge in [-0.2, -0.15) is 0 Å². The molecule has 0 aliphatic heterocycles. The monoisotopic (exact) mass is 710 g/mol. The van der Waals surface area contributed by atoms with Crippen LogP contribution < -0.4 is 10.6 Å². The number of aryl methyl sites for hydroxylation is 4. The topological polar surface area (TPSA) is 24.1 Å². The Morgan fingerprint density at radius 2 is 0.600 bits per heavy atom. The average Bonchev–Trinajstić information content (AvgIpc) is 3.22. The SMILES string of the molecule is Cc1ccc(Nc2cc(-c3ccccc3)cc(C(c3ccc(C)cc3)(c3ccc(C)cc3)c3cc(Nc4ccc(C)cc4)cc(-c4ccccc4)c3)c2)cc1. The Balaban J connectivity index is 1.47. The van der Waals surface area contributed by atoms with E-state index in [1.54, 1.807) is 0 Å². The lowest BCUT2D eigenvalue weighted by Crippen LogP contribution is -2.31. The number of nitrogens with one attached hydrogen (secondary N) is 2. The molecule has 8 rings (SSSR count). The van der Waals surface area contributed by atoms with Gasteiger partial charge in [-0.15, -0.1) is 0 Å². The summed E-state index contributed by atoms with van der Waals surface area (Å²) in [6, 6.07) is 71.0. The molecule has 8 aromatic carbocycles. The molecule has 0 aliphatic rings. The highest BCUT2D eigenvalue weighted by atomic mass is 14.9. The van der Waals surface area contributed by atoms with E-state index in [2.05, 4.69) is 232 Å². The van der Waals surface area contributed by atoms with Crippen molar-refractivity contribution in [1.82, 2.24) is 0 Å². The third kappa shape index (κ3) is 7.58. The van der Waals surface area contributed by atoms with Crippen LogP contribution in [0.3, 0.4) is 0 Å².